The first-order valence-corrected chi connectivity index (χ1v) is 6.28. The molecule has 1 aromatic carbocycles. The van der Waals surface area contributed by atoms with Crippen molar-refractivity contribution in [3.8, 4) is 0 Å². The van der Waals surface area contributed by atoms with E-state index in [1.807, 2.05) is 0 Å². The second kappa shape index (κ2) is 3.86. The van der Waals surface area contributed by atoms with Crippen LogP contribution in [0.5, 0.6) is 0 Å². The first kappa shape index (κ1) is 10.3. The fraction of sp³-hybridized carbons (Fsp3) is 0.571. The van der Waals surface area contributed by atoms with Crippen molar-refractivity contribution >= 4 is 0 Å². The van der Waals surface area contributed by atoms with E-state index in [-0.39, 0.29) is 5.60 Å². The van der Waals surface area contributed by atoms with Crippen LogP contribution in [0.2, 0.25) is 0 Å². The maximum atomic E-state index is 10.2. The minimum absolute atomic E-state index is 0.342. The van der Waals surface area contributed by atoms with Crippen LogP contribution in [0.25, 0.3) is 0 Å². The highest BCUT2D eigenvalue weighted by molar-refractivity contribution is 5.16. The second-order valence-electron chi connectivity index (χ2n) is 5.22. The number of aliphatic hydroxyl groups is 1. The summed E-state index contributed by atoms with van der Waals surface area (Å²) >= 11 is 0. The molecule has 2 fully saturated rings. The second-order valence-corrected chi connectivity index (χ2v) is 5.22. The third kappa shape index (κ3) is 1.87. The molecular weight excluding hydrogens is 198 g/mol. The van der Waals surface area contributed by atoms with Gasteiger partial charge in [0.2, 0.25) is 0 Å². The van der Waals surface area contributed by atoms with Gasteiger partial charge in [-0.05, 0) is 37.8 Å². The van der Waals surface area contributed by atoms with E-state index in [0.29, 0.717) is 6.04 Å². The summed E-state index contributed by atoms with van der Waals surface area (Å²) in [5.74, 6) is 0. The molecule has 1 aliphatic heterocycles. The van der Waals surface area contributed by atoms with Gasteiger partial charge in [-0.25, -0.2) is 0 Å². The van der Waals surface area contributed by atoms with E-state index in [1.165, 1.54) is 18.4 Å². The molecule has 0 amide bonds. The minimum atomic E-state index is -0.342. The first-order valence-electron chi connectivity index (χ1n) is 6.28. The number of hydrogen-bond donors (Lipinski definition) is 1. The standard InChI is InChI=1S/C14H19NO/c16-14(8-9-14)13-7-4-10-15(13)11-12-5-2-1-3-6-12/h1-3,5-6,13,16H,4,7-11H2. The molecule has 86 valence electrons. The highest BCUT2D eigenvalue weighted by Gasteiger charge is 2.51. The van der Waals surface area contributed by atoms with Crippen molar-refractivity contribution in [1.82, 2.24) is 4.90 Å². The largest absolute Gasteiger partial charge is 0.388 e. The average Bonchev–Trinajstić information content (AvgIpc) is 2.88. The molecule has 1 N–H and O–H groups in total. The zero-order valence-electron chi connectivity index (χ0n) is 9.60. The van der Waals surface area contributed by atoms with Crippen molar-refractivity contribution in [3.63, 3.8) is 0 Å². The monoisotopic (exact) mass is 217 g/mol. The molecule has 0 radical (unpaired) electrons. The zero-order chi connectivity index (χ0) is 11.0. The Labute approximate surface area is 96.9 Å². The van der Waals surface area contributed by atoms with E-state index >= 15 is 0 Å². The summed E-state index contributed by atoms with van der Waals surface area (Å²) in [6.45, 7) is 2.13. The normalized spacial score (nSPS) is 28.2. The maximum Gasteiger partial charge on any atom is 0.0804 e. The van der Waals surface area contributed by atoms with Crippen LogP contribution in [0, 0.1) is 0 Å². The topological polar surface area (TPSA) is 23.5 Å². The predicted molar refractivity (Wildman–Crippen MR) is 64.1 cm³/mol. The summed E-state index contributed by atoms with van der Waals surface area (Å²) in [4.78, 5) is 2.46. The van der Waals surface area contributed by atoms with Crippen molar-refractivity contribution in [2.75, 3.05) is 6.54 Å². The third-order valence-electron chi connectivity index (χ3n) is 3.97. The van der Waals surface area contributed by atoms with E-state index in [1.54, 1.807) is 0 Å². The Morgan fingerprint density at radius 2 is 2.00 bits per heavy atom. The Morgan fingerprint density at radius 1 is 1.25 bits per heavy atom. The molecular formula is C14H19NO. The van der Waals surface area contributed by atoms with Crippen molar-refractivity contribution < 1.29 is 5.11 Å². The summed E-state index contributed by atoms with van der Waals surface area (Å²) in [5, 5.41) is 10.2. The van der Waals surface area contributed by atoms with Gasteiger partial charge in [0.05, 0.1) is 5.60 Å². The SMILES string of the molecule is OC1(C2CCCN2Cc2ccccc2)CC1. The Hall–Kier alpha value is -0.860. The highest BCUT2D eigenvalue weighted by atomic mass is 16.3. The van der Waals surface area contributed by atoms with Gasteiger partial charge in [0.15, 0.2) is 0 Å². The summed E-state index contributed by atoms with van der Waals surface area (Å²) < 4.78 is 0. The molecule has 2 heteroatoms. The Morgan fingerprint density at radius 3 is 2.69 bits per heavy atom. The quantitative estimate of drug-likeness (QED) is 0.839. The molecule has 1 aromatic rings. The van der Waals surface area contributed by atoms with Crippen molar-refractivity contribution in [2.24, 2.45) is 0 Å². The van der Waals surface area contributed by atoms with Gasteiger partial charge in [-0.3, -0.25) is 4.90 Å². The van der Waals surface area contributed by atoms with Gasteiger partial charge in [-0.1, -0.05) is 30.3 Å². The molecule has 0 bridgehead atoms. The number of benzene rings is 1. The van der Waals surface area contributed by atoms with Crippen molar-refractivity contribution in [2.45, 2.75) is 43.9 Å². The number of likely N-dealkylation sites (tertiary alicyclic amines) is 1. The molecule has 1 saturated heterocycles. The Kier molecular flexibility index (Phi) is 2.49. The molecule has 1 unspecified atom stereocenters. The first-order chi connectivity index (χ1) is 7.78. The molecule has 1 saturated carbocycles. The third-order valence-corrected chi connectivity index (χ3v) is 3.97. The number of rotatable bonds is 3. The van der Waals surface area contributed by atoms with Gasteiger partial charge >= 0.3 is 0 Å². The zero-order valence-corrected chi connectivity index (χ0v) is 9.60. The van der Waals surface area contributed by atoms with Crippen LogP contribution in [-0.2, 0) is 6.54 Å². The van der Waals surface area contributed by atoms with Crippen molar-refractivity contribution in [3.05, 3.63) is 35.9 Å². The average molecular weight is 217 g/mol. The summed E-state index contributed by atoms with van der Waals surface area (Å²) in [7, 11) is 0. The molecule has 2 nitrogen and oxygen atoms in total. The summed E-state index contributed by atoms with van der Waals surface area (Å²) in [6.07, 6.45) is 4.41. The lowest BCUT2D eigenvalue weighted by atomic mass is 10.1. The molecule has 0 aromatic heterocycles. The van der Waals surface area contributed by atoms with Crippen LogP contribution in [0.1, 0.15) is 31.2 Å². The van der Waals surface area contributed by atoms with Crippen LogP contribution < -0.4 is 0 Å². The molecule has 3 rings (SSSR count). The molecule has 0 spiro atoms. The smallest absolute Gasteiger partial charge is 0.0804 e. The minimum Gasteiger partial charge on any atom is -0.388 e. The van der Waals surface area contributed by atoms with Crippen LogP contribution in [-0.4, -0.2) is 28.2 Å². The Bertz CT molecular complexity index is 358. The number of hydrogen-bond acceptors (Lipinski definition) is 2. The van der Waals surface area contributed by atoms with Crippen molar-refractivity contribution in [1.29, 1.82) is 0 Å². The molecule has 16 heavy (non-hydrogen) atoms. The van der Waals surface area contributed by atoms with Gasteiger partial charge in [0, 0.05) is 12.6 Å². The summed E-state index contributed by atoms with van der Waals surface area (Å²) in [6, 6.07) is 11.0. The Balaban J connectivity index is 1.70. The van der Waals surface area contributed by atoms with Gasteiger partial charge < -0.3 is 5.11 Å². The van der Waals surface area contributed by atoms with E-state index < -0.39 is 0 Å². The maximum absolute atomic E-state index is 10.2. The predicted octanol–water partition coefficient (Wildman–Crippen LogP) is 2.18. The molecule has 1 aliphatic carbocycles. The van der Waals surface area contributed by atoms with Crippen LogP contribution in [0.3, 0.4) is 0 Å². The van der Waals surface area contributed by atoms with Gasteiger partial charge in [0.1, 0.15) is 0 Å². The summed E-state index contributed by atoms with van der Waals surface area (Å²) in [5.41, 5.74) is 1.02. The van der Waals surface area contributed by atoms with Crippen LogP contribution >= 0.6 is 0 Å². The lowest BCUT2D eigenvalue weighted by molar-refractivity contribution is 0.0481. The fourth-order valence-corrected chi connectivity index (χ4v) is 2.90. The lowest BCUT2D eigenvalue weighted by Gasteiger charge is -2.28. The highest BCUT2D eigenvalue weighted by Crippen LogP contribution is 2.44. The molecule has 2 aliphatic rings. The van der Waals surface area contributed by atoms with E-state index in [0.717, 1.165) is 25.9 Å². The van der Waals surface area contributed by atoms with E-state index in [2.05, 4.69) is 35.2 Å². The molecule has 1 heterocycles. The molecule has 1 atom stereocenters. The van der Waals surface area contributed by atoms with Gasteiger partial charge in [0.25, 0.3) is 0 Å². The fourth-order valence-electron chi connectivity index (χ4n) is 2.90. The van der Waals surface area contributed by atoms with E-state index in [4.69, 9.17) is 0 Å². The van der Waals surface area contributed by atoms with Gasteiger partial charge in [-0.15, -0.1) is 0 Å². The van der Waals surface area contributed by atoms with Crippen LogP contribution in [0.15, 0.2) is 30.3 Å². The van der Waals surface area contributed by atoms with E-state index in [9.17, 15) is 5.11 Å². The van der Waals surface area contributed by atoms with Crippen LogP contribution in [0.4, 0.5) is 0 Å². The lowest BCUT2D eigenvalue weighted by Crippen LogP contribution is -2.40. The van der Waals surface area contributed by atoms with Gasteiger partial charge in [-0.2, -0.15) is 0 Å². The number of nitrogens with zero attached hydrogens (tertiary/aromatic N) is 1.